The molecule has 2 aromatic rings. The average molecular weight is 221 g/mol. The quantitative estimate of drug-likeness (QED) is 0.673. The molecule has 0 amide bonds. The first-order valence-corrected chi connectivity index (χ1v) is 5.48. The molecule has 0 fully saturated rings. The Labute approximate surface area is 99.3 Å². The van der Waals surface area contributed by atoms with E-state index in [-0.39, 0.29) is 0 Å². The van der Waals surface area contributed by atoms with Gasteiger partial charge in [0.25, 0.3) is 0 Å². The Hall–Kier alpha value is -2.25. The van der Waals surface area contributed by atoms with E-state index in [0.29, 0.717) is 0 Å². The van der Waals surface area contributed by atoms with Crippen molar-refractivity contribution < 1.29 is 0 Å². The molecule has 0 saturated carbocycles. The monoisotopic (exact) mass is 221 g/mol. The van der Waals surface area contributed by atoms with E-state index in [1.165, 1.54) is 17.5 Å². The molecule has 17 heavy (non-hydrogen) atoms. The highest BCUT2D eigenvalue weighted by Crippen LogP contribution is 2.35. The molecule has 1 aliphatic heterocycles. The molecule has 1 aromatic heterocycles. The van der Waals surface area contributed by atoms with Gasteiger partial charge in [-0.25, -0.2) is 4.99 Å². The van der Waals surface area contributed by atoms with Crippen LogP contribution in [-0.4, -0.2) is 17.2 Å². The molecule has 0 unspecified atom stereocenters. The zero-order chi connectivity index (χ0) is 11.8. The lowest BCUT2D eigenvalue weighted by Gasteiger charge is -2.11. The summed E-state index contributed by atoms with van der Waals surface area (Å²) in [6.07, 6.45) is 5.19. The van der Waals surface area contributed by atoms with Crippen LogP contribution in [0.15, 0.2) is 28.3 Å². The van der Waals surface area contributed by atoms with Crippen LogP contribution < -0.4 is 0 Å². The van der Waals surface area contributed by atoms with E-state index in [4.69, 9.17) is 0 Å². The highest BCUT2D eigenvalue weighted by molar-refractivity contribution is 6.02. The van der Waals surface area contributed by atoms with Crippen molar-refractivity contribution in [3.8, 4) is 0 Å². The Morgan fingerprint density at radius 2 is 2.06 bits per heavy atom. The summed E-state index contributed by atoms with van der Waals surface area (Å²) in [4.78, 5) is 12.7. The van der Waals surface area contributed by atoms with Crippen molar-refractivity contribution in [2.45, 2.75) is 13.8 Å². The second-order valence-corrected chi connectivity index (χ2v) is 4.06. The average Bonchev–Trinajstić information content (AvgIpc) is 2.62. The summed E-state index contributed by atoms with van der Waals surface area (Å²) in [5.41, 5.74) is 5.32. The van der Waals surface area contributed by atoms with E-state index < -0.39 is 0 Å². The normalized spacial score (nSPS) is 12.8. The molecule has 1 aromatic carbocycles. The number of rotatable bonds is 0. The Kier molecular flexibility index (Phi) is 2.13. The van der Waals surface area contributed by atoms with Crippen molar-refractivity contribution in [3.05, 3.63) is 35.0 Å². The zero-order valence-corrected chi connectivity index (χ0v) is 9.73. The van der Waals surface area contributed by atoms with E-state index in [1.54, 1.807) is 6.20 Å². The Morgan fingerprint density at radius 1 is 1.18 bits per heavy atom. The number of aryl methyl sites for hydroxylation is 1. The number of fused-ring (bicyclic) bond motifs is 3. The van der Waals surface area contributed by atoms with Gasteiger partial charge in [-0.3, -0.25) is 4.98 Å². The van der Waals surface area contributed by atoms with Crippen molar-refractivity contribution in [1.82, 2.24) is 4.98 Å². The van der Waals surface area contributed by atoms with Crippen LogP contribution in [0.4, 0.5) is 5.69 Å². The van der Waals surface area contributed by atoms with Gasteiger partial charge in [0.2, 0.25) is 0 Å². The SMILES string of the molecule is Cc1c2c(c3ncccc3c1C)N=CN=C=C2. The first kappa shape index (κ1) is 9.94. The van der Waals surface area contributed by atoms with E-state index >= 15 is 0 Å². The van der Waals surface area contributed by atoms with Crippen LogP contribution in [0.3, 0.4) is 0 Å². The fourth-order valence-corrected chi connectivity index (χ4v) is 2.13. The second kappa shape index (κ2) is 3.65. The number of pyridine rings is 1. The molecule has 0 spiro atoms. The largest absolute Gasteiger partial charge is 0.254 e. The van der Waals surface area contributed by atoms with Crippen LogP contribution in [0, 0.1) is 13.8 Å². The third-order valence-electron chi connectivity index (χ3n) is 3.19. The van der Waals surface area contributed by atoms with Gasteiger partial charge in [-0.2, -0.15) is 4.99 Å². The van der Waals surface area contributed by atoms with Gasteiger partial charge in [0.1, 0.15) is 6.34 Å². The summed E-state index contributed by atoms with van der Waals surface area (Å²) >= 11 is 0. The van der Waals surface area contributed by atoms with E-state index in [9.17, 15) is 0 Å². The molecular weight excluding hydrogens is 210 g/mol. The fourth-order valence-electron chi connectivity index (χ4n) is 2.13. The highest BCUT2D eigenvalue weighted by Gasteiger charge is 2.13. The molecule has 82 valence electrons. The Morgan fingerprint density at radius 3 is 2.94 bits per heavy atom. The van der Waals surface area contributed by atoms with Gasteiger partial charge >= 0.3 is 0 Å². The second-order valence-electron chi connectivity index (χ2n) is 4.06. The van der Waals surface area contributed by atoms with E-state index in [1.807, 2.05) is 12.1 Å². The fraction of sp³-hybridized carbons (Fsp3) is 0.143. The molecule has 3 nitrogen and oxygen atoms in total. The summed E-state index contributed by atoms with van der Waals surface area (Å²) in [6, 6.07) is 4.03. The lowest BCUT2D eigenvalue weighted by molar-refractivity contribution is 1.31. The highest BCUT2D eigenvalue weighted by atomic mass is 14.9. The molecule has 0 atom stereocenters. The third kappa shape index (κ3) is 1.41. The third-order valence-corrected chi connectivity index (χ3v) is 3.19. The minimum absolute atomic E-state index is 0.887. The molecule has 0 aliphatic carbocycles. The Bertz CT molecular complexity index is 705. The van der Waals surface area contributed by atoms with Gasteiger partial charge in [0.15, 0.2) is 0 Å². The van der Waals surface area contributed by atoms with Crippen molar-refractivity contribution in [1.29, 1.82) is 0 Å². The predicted octanol–water partition coefficient (Wildman–Crippen LogP) is 3.21. The first-order chi connectivity index (χ1) is 8.29. The van der Waals surface area contributed by atoms with Crippen molar-refractivity contribution in [2.24, 2.45) is 9.98 Å². The van der Waals surface area contributed by atoms with Crippen LogP contribution >= 0.6 is 0 Å². The Balaban J connectivity index is 2.56. The summed E-state index contributed by atoms with van der Waals surface area (Å²) in [7, 11) is 0. The van der Waals surface area contributed by atoms with Crippen LogP contribution in [0.25, 0.3) is 17.0 Å². The van der Waals surface area contributed by atoms with Crippen molar-refractivity contribution >= 4 is 34.9 Å². The minimum Gasteiger partial charge on any atom is -0.254 e. The lowest BCUT2D eigenvalue weighted by Crippen LogP contribution is -1.92. The van der Waals surface area contributed by atoms with Crippen LogP contribution in [0.1, 0.15) is 16.7 Å². The van der Waals surface area contributed by atoms with E-state index in [2.05, 4.69) is 40.8 Å². The number of aromatic nitrogens is 1. The molecule has 2 heterocycles. The molecule has 0 saturated heterocycles. The topological polar surface area (TPSA) is 37.6 Å². The van der Waals surface area contributed by atoms with Crippen LogP contribution in [0.2, 0.25) is 0 Å². The van der Waals surface area contributed by atoms with Crippen LogP contribution in [0.5, 0.6) is 0 Å². The smallest absolute Gasteiger partial charge is 0.126 e. The van der Waals surface area contributed by atoms with Crippen LogP contribution in [-0.2, 0) is 0 Å². The molecule has 3 rings (SSSR count). The van der Waals surface area contributed by atoms with E-state index in [0.717, 1.165) is 22.2 Å². The summed E-state index contributed by atoms with van der Waals surface area (Å²) in [6.45, 7) is 4.21. The summed E-state index contributed by atoms with van der Waals surface area (Å²) < 4.78 is 0. The van der Waals surface area contributed by atoms with Gasteiger partial charge in [0, 0.05) is 23.2 Å². The summed E-state index contributed by atoms with van der Waals surface area (Å²) in [5, 5.41) is 1.15. The molecule has 3 heteroatoms. The zero-order valence-electron chi connectivity index (χ0n) is 9.73. The predicted molar refractivity (Wildman–Crippen MR) is 71.3 cm³/mol. The maximum Gasteiger partial charge on any atom is 0.126 e. The number of hydrogen-bond donors (Lipinski definition) is 0. The number of benzene rings is 1. The first-order valence-electron chi connectivity index (χ1n) is 5.48. The van der Waals surface area contributed by atoms with Gasteiger partial charge in [-0.1, -0.05) is 6.07 Å². The van der Waals surface area contributed by atoms with Gasteiger partial charge in [-0.05, 0) is 36.9 Å². The molecular formula is C14H11N3. The molecule has 0 bridgehead atoms. The van der Waals surface area contributed by atoms with Crippen molar-refractivity contribution in [2.75, 3.05) is 0 Å². The van der Waals surface area contributed by atoms with Gasteiger partial charge in [0.05, 0.1) is 11.2 Å². The maximum atomic E-state index is 4.43. The standard InChI is InChI=1S/C14H11N3/c1-9-10(2)12-5-7-15-8-17-14(12)13-11(9)4-3-6-16-13/h3-6,8H,1-2H3. The number of hydrogen-bond acceptors (Lipinski definition) is 3. The maximum absolute atomic E-state index is 4.43. The number of nitrogens with zero attached hydrogens (tertiary/aromatic N) is 3. The molecule has 0 radical (unpaired) electrons. The van der Waals surface area contributed by atoms with Gasteiger partial charge < -0.3 is 0 Å². The lowest BCUT2D eigenvalue weighted by atomic mass is 9.96. The number of aliphatic imine (C=N–C) groups is 2. The molecule has 1 aliphatic rings. The van der Waals surface area contributed by atoms with Crippen molar-refractivity contribution in [3.63, 3.8) is 0 Å². The minimum atomic E-state index is 0.887. The summed E-state index contributed by atoms with van der Waals surface area (Å²) in [5.74, 6) is 2.86. The van der Waals surface area contributed by atoms with Gasteiger partial charge in [-0.15, -0.1) is 0 Å². The molecule has 0 N–H and O–H groups in total.